The van der Waals surface area contributed by atoms with Crippen molar-refractivity contribution >= 4 is 65.6 Å². The quantitative estimate of drug-likeness (QED) is 0.164. The molecule has 0 amide bonds. The number of para-hydroxylation sites is 2. The fraction of sp³-hybridized carbons (Fsp3) is 0. The fourth-order valence-corrected chi connectivity index (χ4v) is 8.48. The number of nitrogens with zero attached hydrogens (tertiary/aromatic N) is 3. The highest BCUT2D eigenvalue weighted by Gasteiger charge is 2.19. The van der Waals surface area contributed by atoms with Crippen molar-refractivity contribution in [3.8, 4) is 56.3 Å². The first-order chi connectivity index (χ1) is 28.7. The van der Waals surface area contributed by atoms with Gasteiger partial charge < -0.3 is 8.83 Å². The summed E-state index contributed by atoms with van der Waals surface area (Å²) < 4.78 is 12.6. The Labute approximate surface area is 332 Å². The Balaban J connectivity index is 0.992. The van der Waals surface area contributed by atoms with Crippen molar-refractivity contribution in [1.82, 2.24) is 15.0 Å². The topological polar surface area (TPSA) is 65.0 Å². The summed E-state index contributed by atoms with van der Waals surface area (Å²) in [5.41, 5.74) is 13.2. The van der Waals surface area contributed by atoms with E-state index in [9.17, 15) is 0 Å². The smallest absolute Gasteiger partial charge is 0.160 e. The average Bonchev–Trinajstić information content (AvgIpc) is 3.87. The van der Waals surface area contributed by atoms with Crippen molar-refractivity contribution in [3.05, 3.63) is 188 Å². The van der Waals surface area contributed by atoms with Gasteiger partial charge in [-0.3, -0.25) is 0 Å². The molecule has 8 aromatic carbocycles. The van der Waals surface area contributed by atoms with E-state index >= 15 is 0 Å². The second-order valence-electron chi connectivity index (χ2n) is 14.7. The van der Waals surface area contributed by atoms with Gasteiger partial charge in [0.2, 0.25) is 0 Å². The Morgan fingerprint density at radius 2 is 0.862 bits per heavy atom. The molecule has 5 heteroatoms. The van der Waals surface area contributed by atoms with Gasteiger partial charge >= 0.3 is 0 Å². The predicted molar refractivity (Wildman–Crippen MR) is 237 cm³/mol. The van der Waals surface area contributed by atoms with E-state index in [1.807, 2.05) is 60.7 Å². The maximum Gasteiger partial charge on any atom is 0.160 e. The maximum atomic E-state index is 6.39. The van der Waals surface area contributed by atoms with E-state index in [0.717, 1.165) is 116 Å². The minimum absolute atomic E-state index is 0.643. The summed E-state index contributed by atoms with van der Waals surface area (Å²) in [7, 11) is 0. The fourth-order valence-electron chi connectivity index (χ4n) is 8.48. The summed E-state index contributed by atoms with van der Waals surface area (Å²) >= 11 is 0. The van der Waals surface area contributed by atoms with E-state index in [-0.39, 0.29) is 0 Å². The highest BCUT2D eigenvalue weighted by Crippen LogP contribution is 2.42. The third kappa shape index (κ3) is 5.21. The molecule has 0 unspecified atom stereocenters. The van der Waals surface area contributed by atoms with E-state index in [2.05, 4.69) is 127 Å². The molecular weight excluding hydrogens is 711 g/mol. The summed E-state index contributed by atoms with van der Waals surface area (Å²) in [5, 5.41) is 7.71. The molecular formula is C53H31N3O2. The molecule has 0 aliphatic carbocycles. The molecule has 0 aliphatic rings. The molecule has 0 radical (unpaired) electrons. The zero-order valence-electron chi connectivity index (χ0n) is 31.1. The van der Waals surface area contributed by atoms with Crippen LogP contribution in [0.15, 0.2) is 197 Å². The van der Waals surface area contributed by atoms with E-state index < -0.39 is 0 Å². The van der Waals surface area contributed by atoms with Crippen LogP contribution in [0.25, 0.3) is 122 Å². The van der Waals surface area contributed by atoms with E-state index in [1.54, 1.807) is 0 Å². The van der Waals surface area contributed by atoms with Gasteiger partial charge in [0.15, 0.2) is 5.82 Å². The molecule has 4 aromatic heterocycles. The molecule has 270 valence electrons. The van der Waals surface area contributed by atoms with Gasteiger partial charge in [-0.2, -0.15) is 0 Å². The molecule has 58 heavy (non-hydrogen) atoms. The van der Waals surface area contributed by atoms with Crippen LogP contribution in [0.4, 0.5) is 0 Å². The van der Waals surface area contributed by atoms with Crippen molar-refractivity contribution in [2.45, 2.75) is 0 Å². The van der Waals surface area contributed by atoms with Gasteiger partial charge in [0.1, 0.15) is 22.3 Å². The first-order valence-corrected chi connectivity index (χ1v) is 19.4. The monoisotopic (exact) mass is 741 g/mol. The molecule has 0 aliphatic heterocycles. The highest BCUT2D eigenvalue weighted by atomic mass is 16.3. The number of hydrogen-bond acceptors (Lipinski definition) is 5. The van der Waals surface area contributed by atoms with Crippen molar-refractivity contribution < 1.29 is 8.83 Å². The number of rotatable bonds is 5. The van der Waals surface area contributed by atoms with E-state index in [1.165, 1.54) is 0 Å². The van der Waals surface area contributed by atoms with Crippen LogP contribution in [0, 0.1) is 0 Å². The van der Waals surface area contributed by atoms with Crippen molar-refractivity contribution in [2.24, 2.45) is 0 Å². The Kier molecular flexibility index (Phi) is 7.16. The first-order valence-electron chi connectivity index (χ1n) is 19.4. The summed E-state index contributed by atoms with van der Waals surface area (Å²) in [5.74, 6) is 0.643. The molecule has 0 spiro atoms. The Morgan fingerprint density at radius 1 is 0.293 bits per heavy atom. The number of aromatic nitrogens is 3. The number of fused-ring (bicyclic) bond motifs is 10. The molecule has 0 atom stereocenters. The van der Waals surface area contributed by atoms with Crippen LogP contribution in [-0.2, 0) is 0 Å². The van der Waals surface area contributed by atoms with Crippen LogP contribution in [0.3, 0.4) is 0 Å². The second kappa shape index (κ2) is 12.8. The predicted octanol–water partition coefficient (Wildman–Crippen LogP) is 14.3. The Hall–Kier alpha value is -7.89. The van der Waals surface area contributed by atoms with Crippen molar-refractivity contribution in [1.29, 1.82) is 0 Å². The molecule has 5 nitrogen and oxygen atoms in total. The van der Waals surface area contributed by atoms with Crippen molar-refractivity contribution in [3.63, 3.8) is 0 Å². The molecule has 0 saturated carbocycles. The summed E-state index contributed by atoms with van der Waals surface area (Å²) in [6.45, 7) is 0. The zero-order chi connectivity index (χ0) is 38.2. The molecule has 12 aromatic rings. The summed E-state index contributed by atoms with van der Waals surface area (Å²) in [6.07, 6.45) is 0. The van der Waals surface area contributed by atoms with Crippen LogP contribution in [0.1, 0.15) is 0 Å². The standard InChI is InChI=1S/C53H31N3O2/c1-3-11-33(12-4-1)44-31-45(56-53(55-44)37-23-25-39-38-15-7-9-17-46(38)58-49(39)30-37)34-21-19-32(20-22-34)36-24-27-43-42(29-36)50-41(52(54-43)35-13-5-2-6-14-35)26-28-48-51(50)40-16-8-10-18-47(40)57-48/h1-31H. The number of pyridine rings is 1. The zero-order valence-corrected chi connectivity index (χ0v) is 31.1. The molecule has 0 N–H and O–H groups in total. The Morgan fingerprint density at radius 3 is 1.64 bits per heavy atom. The van der Waals surface area contributed by atoms with Gasteiger partial charge in [-0.15, -0.1) is 0 Å². The average molecular weight is 742 g/mol. The van der Waals surface area contributed by atoms with Crippen LogP contribution in [-0.4, -0.2) is 15.0 Å². The largest absolute Gasteiger partial charge is 0.456 e. The highest BCUT2D eigenvalue weighted by molar-refractivity contribution is 6.28. The lowest BCUT2D eigenvalue weighted by Gasteiger charge is -2.13. The van der Waals surface area contributed by atoms with Crippen molar-refractivity contribution in [2.75, 3.05) is 0 Å². The number of furan rings is 2. The van der Waals surface area contributed by atoms with Crippen LogP contribution >= 0.6 is 0 Å². The lowest BCUT2D eigenvalue weighted by atomic mass is 9.94. The van der Waals surface area contributed by atoms with Gasteiger partial charge in [-0.1, -0.05) is 133 Å². The third-order valence-electron chi connectivity index (χ3n) is 11.3. The molecule has 4 heterocycles. The molecule has 0 bridgehead atoms. The second-order valence-corrected chi connectivity index (χ2v) is 14.7. The van der Waals surface area contributed by atoms with E-state index in [0.29, 0.717) is 5.82 Å². The van der Waals surface area contributed by atoms with Gasteiger partial charge in [0, 0.05) is 60.0 Å². The van der Waals surface area contributed by atoms with Gasteiger partial charge in [-0.05, 0) is 65.7 Å². The molecule has 0 saturated heterocycles. The minimum Gasteiger partial charge on any atom is -0.456 e. The van der Waals surface area contributed by atoms with Crippen LogP contribution in [0.2, 0.25) is 0 Å². The molecule has 0 fully saturated rings. The maximum absolute atomic E-state index is 6.39. The number of benzene rings is 8. The lowest BCUT2D eigenvalue weighted by molar-refractivity contribution is 0.668. The van der Waals surface area contributed by atoms with Crippen LogP contribution in [0.5, 0.6) is 0 Å². The summed E-state index contributed by atoms with van der Waals surface area (Å²) in [4.78, 5) is 15.5. The lowest BCUT2D eigenvalue weighted by Crippen LogP contribution is -1.96. The minimum atomic E-state index is 0.643. The first kappa shape index (κ1) is 32.4. The number of hydrogen-bond donors (Lipinski definition) is 0. The van der Waals surface area contributed by atoms with Crippen LogP contribution < -0.4 is 0 Å². The SMILES string of the molecule is c1ccc(-c2cc(-c3ccc(-c4ccc5nc(-c6ccccc6)c6ccc7oc8ccccc8c7c6c5c4)cc3)nc(-c3ccc4c(c3)oc3ccccc34)n2)cc1. The third-order valence-corrected chi connectivity index (χ3v) is 11.3. The normalized spacial score (nSPS) is 11.8. The van der Waals surface area contributed by atoms with E-state index in [4.69, 9.17) is 23.8 Å². The summed E-state index contributed by atoms with van der Waals surface area (Å²) in [6, 6.07) is 64.9. The molecule has 12 rings (SSSR count). The van der Waals surface area contributed by atoms with Gasteiger partial charge in [0.25, 0.3) is 0 Å². The van der Waals surface area contributed by atoms with Gasteiger partial charge in [-0.25, -0.2) is 15.0 Å². The van der Waals surface area contributed by atoms with Gasteiger partial charge in [0.05, 0.1) is 22.6 Å². The Bertz CT molecular complexity index is 3550.